The molecule has 1 heterocycles. The molecule has 1 saturated heterocycles. The molecule has 2 aromatic rings. The summed E-state index contributed by atoms with van der Waals surface area (Å²) in [5, 5.41) is 4.52. The van der Waals surface area contributed by atoms with E-state index in [1.54, 1.807) is 36.4 Å². The fourth-order valence-electron chi connectivity index (χ4n) is 2.33. The lowest BCUT2D eigenvalue weighted by molar-refractivity contribution is -0.118. The summed E-state index contributed by atoms with van der Waals surface area (Å²) in [6.45, 7) is -0.182. The first-order valence-corrected chi connectivity index (χ1v) is 8.77. The monoisotopic (exact) mass is 384 g/mol. The first-order chi connectivity index (χ1) is 13.0. The van der Waals surface area contributed by atoms with Gasteiger partial charge in [-0.05, 0) is 47.7 Å². The van der Waals surface area contributed by atoms with Gasteiger partial charge in [-0.25, -0.2) is 0 Å². The Morgan fingerprint density at radius 3 is 2.59 bits per heavy atom. The number of ether oxygens (including phenoxy) is 2. The second-order valence-corrected chi connectivity index (χ2v) is 6.48. The van der Waals surface area contributed by atoms with Crippen LogP contribution in [0.5, 0.6) is 11.5 Å². The molecule has 0 radical (unpaired) electrons. The van der Waals surface area contributed by atoms with Gasteiger partial charge in [-0.1, -0.05) is 24.3 Å². The highest BCUT2D eigenvalue weighted by molar-refractivity contribution is 8.18. The van der Waals surface area contributed by atoms with Gasteiger partial charge in [-0.15, -0.1) is 0 Å². The molecule has 0 aromatic heterocycles. The Morgan fingerprint density at radius 1 is 1.15 bits per heavy atom. The zero-order chi connectivity index (χ0) is 19.2. The van der Waals surface area contributed by atoms with Crippen LogP contribution in [0.3, 0.4) is 0 Å². The van der Waals surface area contributed by atoms with Gasteiger partial charge in [0.1, 0.15) is 0 Å². The van der Waals surface area contributed by atoms with Crippen molar-refractivity contribution in [2.24, 2.45) is 0 Å². The quantitative estimate of drug-likeness (QED) is 0.744. The Kier molecular flexibility index (Phi) is 5.77. The van der Waals surface area contributed by atoms with Crippen molar-refractivity contribution in [3.05, 3.63) is 59.0 Å². The molecule has 3 amide bonds. The highest BCUT2D eigenvalue weighted by Gasteiger charge is 2.25. The topological polar surface area (TPSA) is 93.7 Å². The summed E-state index contributed by atoms with van der Waals surface area (Å²) in [4.78, 5) is 35.1. The maximum Gasteiger partial charge on any atom is 0.290 e. The highest BCUT2D eigenvalue weighted by Crippen LogP contribution is 2.31. The average molecular weight is 384 g/mol. The van der Waals surface area contributed by atoms with Crippen LogP contribution < -0.4 is 20.1 Å². The lowest BCUT2D eigenvalue weighted by atomic mass is 10.2. The SMILES string of the molecule is COc1cc(/C=C2/SC(=O)NC2=O)ccc1OCC(=O)Nc1ccccc1. The van der Waals surface area contributed by atoms with E-state index in [2.05, 4.69) is 10.6 Å². The van der Waals surface area contributed by atoms with Crippen LogP contribution in [0.15, 0.2) is 53.4 Å². The number of benzene rings is 2. The predicted octanol–water partition coefficient (Wildman–Crippen LogP) is 3.04. The van der Waals surface area contributed by atoms with Crippen molar-refractivity contribution in [2.75, 3.05) is 19.0 Å². The third-order valence-electron chi connectivity index (χ3n) is 3.54. The van der Waals surface area contributed by atoms with Crippen LogP contribution in [0.25, 0.3) is 6.08 Å². The largest absolute Gasteiger partial charge is 0.493 e. The fraction of sp³-hybridized carbons (Fsp3) is 0.105. The van der Waals surface area contributed by atoms with E-state index in [4.69, 9.17) is 9.47 Å². The minimum atomic E-state index is -0.429. The van der Waals surface area contributed by atoms with Crippen LogP contribution in [0.4, 0.5) is 10.5 Å². The van der Waals surface area contributed by atoms with Gasteiger partial charge < -0.3 is 14.8 Å². The molecule has 8 heteroatoms. The summed E-state index contributed by atoms with van der Waals surface area (Å²) in [6, 6.07) is 14.1. The molecule has 0 aliphatic carbocycles. The van der Waals surface area contributed by atoms with E-state index in [0.29, 0.717) is 27.7 Å². The number of thioether (sulfide) groups is 1. The zero-order valence-electron chi connectivity index (χ0n) is 14.4. The van der Waals surface area contributed by atoms with Crippen molar-refractivity contribution >= 4 is 40.6 Å². The van der Waals surface area contributed by atoms with Crippen LogP contribution in [-0.4, -0.2) is 30.8 Å². The number of carbonyl (C=O) groups excluding carboxylic acids is 3. The van der Waals surface area contributed by atoms with E-state index >= 15 is 0 Å². The average Bonchev–Trinajstić information content (AvgIpc) is 2.98. The van der Waals surface area contributed by atoms with Gasteiger partial charge in [0.15, 0.2) is 18.1 Å². The van der Waals surface area contributed by atoms with E-state index in [1.807, 2.05) is 18.2 Å². The fourth-order valence-corrected chi connectivity index (χ4v) is 3.01. The van der Waals surface area contributed by atoms with E-state index in [-0.39, 0.29) is 12.5 Å². The molecule has 1 aliphatic rings. The Labute approximate surface area is 159 Å². The molecule has 0 unspecified atom stereocenters. The second-order valence-electron chi connectivity index (χ2n) is 5.47. The zero-order valence-corrected chi connectivity index (χ0v) is 15.2. The van der Waals surface area contributed by atoms with Gasteiger partial charge in [0.05, 0.1) is 12.0 Å². The van der Waals surface area contributed by atoms with Crippen LogP contribution in [-0.2, 0) is 9.59 Å². The molecule has 3 rings (SSSR count). The number of anilines is 1. The van der Waals surface area contributed by atoms with Crippen LogP contribution in [0.1, 0.15) is 5.56 Å². The minimum Gasteiger partial charge on any atom is -0.493 e. The summed E-state index contributed by atoms with van der Waals surface area (Å²) in [7, 11) is 1.48. The van der Waals surface area contributed by atoms with Gasteiger partial charge in [0.2, 0.25) is 0 Å². The van der Waals surface area contributed by atoms with Gasteiger partial charge in [0, 0.05) is 5.69 Å². The van der Waals surface area contributed by atoms with Crippen molar-refractivity contribution < 1.29 is 23.9 Å². The van der Waals surface area contributed by atoms with E-state index in [1.165, 1.54) is 7.11 Å². The second kappa shape index (κ2) is 8.41. The Balaban J connectivity index is 1.66. The van der Waals surface area contributed by atoms with Crippen molar-refractivity contribution in [3.63, 3.8) is 0 Å². The van der Waals surface area contributed by atoms with Crippen molar-refractivity contribution in [3.8, 4) is 11.5 Å². The van der Waals surface area contributed by atoms with E-state index < -0.39 is 11.1 Å². The lowest BCUT2D eigenvalue weighted by Gasteiger charge is -2.11. The molecule has 0 saturated carbocycles. The Morgan fingerprint density at radius 2 is 1.93 bits per heavy atom. The molecule has 0 spiro atoms. The third kappa shape index (κ3) is 4.89. The number of carbonyl (C=O) groups is 3. The number of amides is 3. The van der Waals surface area contributed by atoms with Gasteiger partial charge >= 0.3 is 0 Å². The number of hydrogen-bond donors (Lipinski definition) is 2. The summed E-state index contributed by atoms with van der Waals surface area (Å²) in [6.07, 6.45) is 1.58. The highest BCUT2D eigenvalue weighted by atomic mass is 32.2. The lowest BCUT2D eigenvalue weighted by Crippen LogP contribution is -2.20. The van der Waals surface area contributed by atoms with Crippen LogP contribution in [0, 0.1) is 0 Å². The first kappa shape index (κ1) is 18.5. The summed E-state index contributed by atoms with van der Waals surface area (Å²) >= 11 is 0.838. The molecule has 1 fully saturated rings. The van der Waals surface area contributed by atoms with Crippen LogP contribution >= 0.6 is 11.8 Å². The number of para-hydroxylation sites is 1. The molecular formula is C19H16N2O5S. The molecule has 7 nitrogen and oxygen atoms in total. The van der Waals surface area contributed by atoms with Crippen LogP contribution in [0.2, 0.25) is 0 Å². The number of hydrogen-bond acceptors (Lipinski definition) is 6. The van der Waals surface area contributed by atoms with E-state index in [9.17, 15) is 14.4 Å². The van der Waals surface area contributed by atoms with Gasteiger partial charge in [-0.3, -0.25) is 19.7 Å². The molecular weight excluding hydrogens is 368 g/mol. The molecule has 2 aromatic carbocycles. The van der Waals surface area contributed by atoms with Crippen molar-refractivity contribution in [1.82, 2.24) is 5.32 Å². The molecule has 2 N–H and O–H groups in total. The molecule has 138 valence electrons. The predicted molar refractivity (Wildman–Crippen MR) is 103 cm³/mol. The summed E-state index contributed by atoms with van der Waals surface area (Å²) in [5.74, 6) is 0.0721. The summed E-state index contributed by atoms with van der Waals surface area (Å²) < 4.78 is 10.8. The van der Waals surface area contributed by atoms with Gasteiger partial charge in [0.25, 0.3) is 17.1 Å². The van der Waals surface area contributed by atoms with Crippen molar-refractivity contribution in [1.29, 1.82) is 0 Å². The molecule has 27 heavy (non-hydrogen) atoms. The minimum absolute atomic E-state index is 0.182. The Hall–Kier alpha value is -3.26. The van der Waals surface area contributed by atoms with Crippen molar-refractivity contribution in [2.45, 2.75) is 0 Å². The van der Waals surface area contributed by atoms with E-state index in [0.717, 1.165) is 11.8 Å². The Bertz CT molecular complexity index is 912. The number of nitrogens with one attached hydrogen (secondary N) is 2. The first-order valence-electron chi connectivity index (χ1n) is 7.96. The molecule has 1 aliphatic heterocycles. The normalized spacial score (nSPS) is 14.8. The summed E-state index contributed by atoms with van der Waals surface area (Å²) in [5.41, 5.74) is 1.35. The third-order valence-corrected chi connectivity index (χ3v) is 4.35. The van der Waals surface area contributed by atoms with Gasteiger partial charge in [-0.2, -0.15) is 0 Å². The maximum atomic E-state index is 12.0. The molecule has 0 atom stereocenters. The number of methoxy groups -OCH3 is 1. The standard InChI is InChI=1S/C19H16N2O5S/c1-25-15-9-12(10-16-18(23)21-19(24)27-16)7-8-14(15)26-11-17(22)20-13-5-3-2-4-6-13/h2-10H,11H2,1H3,(H,20,22)(H,21,23,24)/b16-10+. The smallest absolute Gasteiger partial charge is 0.290 e. The maximum absolute atomic E-state index is 12.0. The number of imide groups is 1. The number of rotatable bonds is 6. The molecule has 0 bridgehead atoms.